The maximum Gasteiger partial charge on any atom is 0.229 e. The number of ketones is 1. The highest BCUT2D eigenvalue weighted by molar-refractivity contribution is 5.97. The summed E-state index contributed by atoms with van der Waals surface area (Å²) in [5.74, 6) is 3.24. The van der Waals surface area contributed by atoms with E-state index in [0.29, 0.717) is 60.2 Å². The van der Waals surface area contributed by atoms with Gasteiger partial charge >= 0.3 is 0 Å². The third-order valence-corrected chi connectivity index (χ3v) is 13.9. The lowest BCUT2D eigenvalue weighted by Gasteiger charge is -2.60. The van der Waals surface area contributed by atoms with Gasteiger partial charge in [0.1, 0.15) is 17.9 Å². The minimum absolute atomic E-state index is 0.0924. The molecule has 4 saturated carbocycles. The molecular formula is C36H52N4O4. The van der Waals surface area contributed by atoms with Crippen molar-refractivity contribution in [1.29, 1.82) is 0 Å². The summed E-state index contributed by atoms with van der Waals surface area (Å²) in [7, 11) is 0. The first-order chi connectivity index (χ1) is 21.0. The second kappa shape index (κ2) is 11.2. The number of piperidine rings is 1. The van der Waals surface area contributed by atoms with Crippen LogP contribution in [0.4, 0.5) is 0 Å². The van der Waals surface area contributed by atoms with Crippen molar-refractivity contribution in [3.63, 3.8) is 0 Å². The molecule has 8 heteroatoms. The largest absolute Gasteiger partial charge is 0.357 e. The first kappa shape index (κ1) is 30.3. The molecule has 0 bridgehead atoms. The molecule has 3 N–H and O–H groups in total. The molecule has 240 valence electrons. The fourth-order valence-corrected chi connectivity index (χ4v) is 11.5. The van der Waals surface area contributed by atoms with Crippen LogP contribution in [0.25, 0.3) is 0 Å². The van der Waals surface area contributed by atoms with Crippen molar-refractivity contribution in [3.8, 4) is 0 Å². The molecule has 0 radical (unpaired) electrons. The molecule has 7 rings (SSSR count). The molecule has 6 aliphatic rings. The van der Waals surface area contributed by atoms with Crippen molar-refractivity contribution in [2.45, 2.75) is 116 Å². The first-order valence-electron chi connectivity index (χ1n) is 17.4. The molecule has 1 unspecified atom stereocenters. The average Bonchev–Trinajstić information content (AvgIpc) is 3.45. The van der Waals surface area contributed by atoms with Gasteiger partial charge < -0.3 is 15.4 Å². The Balaban J connectivity index is 0.977. The van der Waals surface area contributed by atoms with Crippen LogP contribution in [0.2, 0.25) is 0 Å². The van der Waals surface area contributed by atoms with Crippen LogP contribution in [0.5, 0.6) is 0 Å². The number of amides is 2. The highest BCUT2D eigenvalue weighted by Gasteiger charge is 2.71. The van der Waals surface area contributed by atoms with Gasteiger partial charge in [-0.05, 0) is 98.0 Å². The Morgan fingerprint density at radius 1 is 1.07 bits per heavy atom. The van der Waals surface area contributed by atoms with Crippen molar-refractivity contribution < 1.29 is 19.1 Å². The lowest BCUT2D eigenvalue weighted by molar-refractivity contribution is -0.160. The molecule has 4 aliphatic carbocycles. The summed E-state index contributed by atoms with van der Waals surface area (Å²) in [6, 6.07) is 3.83. The number of aromatic nitrogens is 1. The van der Waals surface area contributed by atoms with Gasteiger partial charge in [0.25, 0.3) is 0 Å². The minimum Gasteiger partial charge on any atom is -0.357 e. The van der Waals surface area contributed by atoms with E-state index < -0.39 is 0 Å². The molecule has 0 aromatic carbocycles. The third-order valence-electron chi connectivity index (χ3n) is 13.9. The number of hydrogen-bond donors (Lipinski definition) is 3. The molecule has 2 amide bonds. The highest BCUT2D eigenvalue weighted by atomic mass is 16.5. The third kappa shape index (κ3) is 4.85. The van der Waals surface area contributed by atoms with Crippen LogP contribution < -0.4 is 16.0 Å². The molecule has 6 fully saturated rings. The number of carbonyl (C=O) groups is 3. The van der Waals surface area contributed by atoms with Gasteiger partial charge in [0.05, 0.1) is 6.10 Å². The molecule has 2 aliphatic heterocycles. The van der Waals surface area contributed by atoms with Crippen LogP contribution in [0.3, 0.4) is 0 Å². The van der Waals surface area contributed by atoms with Crippen molar-refractivity contribution in [1.82, 2.24) is 20.9 Å². The molecule has 8 nitrogen and oxygen atoms in total. The maximum atomic E-state index is 14.4. The second-order valence-electron chi connectivity index (χ2n) is 16.0. The van der Waals surface area contributed by atoms with Crippen LogP contribution in [0.15, 0.2) is 24.5 Å². The van der Waals surface area contributed by atoms with Gasteiger partial charge in [-0.15, -0.1) is 0 Å². The van der Waals surface area contributed by atoms with E-state index in [1.807, 2.05) is 12.1 Å². The van der Waals surface area contributed by atoms with E-state index in [-0.39, 0.29) is 46.9 Å². The fraction of sp³-hybridized carbons (Fsp3) is 0.778. The summed E-state index contributed by atoms with van der Waals surface area (Å²) in [5, 5.41) is 9.81. The lowest BCUT2D eigenvalue weighted by Crippen LogP contribution is -2.60. The van der Waals surface area contributed by atoms with E-state index in [1.165, 1.54) is 12.8 Å². The van der Waals surface area contributed by atoms with Crippen LogP contribution >= 0.6 is 0 Å². The van der Waals surface area contributed by atoms with Gasteiger partial charge in [0, 0.05) is 55.2 Å². The summed E-state index contributed by atoms with van der Waals surface area (Å²) >= 11 is 0. The summed E-state index contributed by atoms with van der Waals surface area (Å²) < 4.78 is 6.97. The van der Waals surface area contributed by atoms with Gasteiger partial charge in [-0.1, -0.05) is 33.8 Å². The molecule has 3 heterocycles. The summed E-state index contributed by atoms with van der Waals surface area (Å²) in [4.78, 5) is 43.6. The first-order valence-corrected chi connectivity index (χ1v) is 17.4. The quantitative estimate of drug-likeness (QED) is 0.418. The number of nitrogens with one attached hydrogen (secondary N) is 3. The average molecular weight is 605 g/mol. The van der Waals surface area contributed by atoms with E-state index in [2.05, 4.69) is 48.6 Å². The van der Waals surface area contributed by atoms with Crippen molar-refractivity contribution in [3.05, 3.63) is 30.1 Å². The highest BCUT2D eigenvalue weighted by Crippen LogP contribution is 2.70. The topological polar surface area (TPSA) is 109 Å². The predicted octanol–water partition coefficient (Wildman–Crippen LogP) is 4.77. The van der Waals surface area contributed by atoms with Crippen molar-refractivity contribution in [2.24, 2.45) is 52.3 Å². The smallest absolute Gasteiger partial charge is 0.229 e. The number of nitrogens with zero attached hydrogens (tertiary/aromatic N) is 1. The standard InChI is InChI=1S/C36H52N4O4/c1-21-9-12-36(39-18-21)22(2)33-29(44-36)15-28-26-8-7-24-14-25(10-11-34(24,3)27(26)16-30(41)35(28,33)4)40-32(43)17-31(42)38-20-23-6-5-13-37-19-23/h5-6,13,19,21-22,24-29,33,39H,7-12,14-18,20H2,1-4H3,(H,38,42)(H,40,43)/t21-,22-,24+,25?,26+,27-,28-,29-,33-,34-,35+,36+/m0/s1. The maximum absolute atomic E-state index is 14.4. The van der Waals surface area contributed by atoms with Crippen LogP contribution in [0.1, 0.15) is 97.5 Å². The Labute approximate surface area is 262 Å². The SMILES string of the molecule is C[C@H]1CC[C@@]2(NC1)O[C@H]1C[C@H]3[C@@H]4CC[C@@H]5CC(NC(=O)CC(=O)NCc6cccnc6)CC[C@]5(C)[C@H]4CC(=O)[C@]3(C)[C@H]1[C@@H]2C. The van der Waals surface area contributed by atoms with Gasteiger partial charge in [0.2, 0.25) is 11.8 Å². The van der Waals surface area contributed by atoms with E-state index in [4.69, 9.17) is 4.74 Å². The summed E-state index contributed by atoms with van der Waals surface area (Å²) in [6.07, 6.45) is 12.6. The Kier molecular flexibility index (Phi) is 7.71. The second-order valence-corrected chi connectivity index (χ2v) is 16.0. The fourth-order valence-electron chi connectivity index (χ4n) is 11.5. The van der Waals surface area contributed by atoms with Crippen LogP contribution in [0, 0.1) is 52.3 Å². The number of Topliss-reactive ketones (excluding diaryl/α,β-unsaturated/α-hetero) is 1. The minimum atomic E-state index is -0.286. The predicted molar refractivity (Wildman–Crippen MR) is 167 cm³/mol. The Morgan fingerprint density at radius 2 is 1.91 bits per heavy atom. The molecule has 2 saturated heterocycles. The van der Waals surface area contributed by atoms with Gasteiger partial charge in [-0.2, -0.15) is 0 Å². The van der Waals surface area contributed by atoms with Gasteiger partial charge in [-0.25, -0.2) is 0 Å². The number of rotatable bonds is 5. The molecule has 1 aromatic rings. The number of pyridine rings is 1. The van der Waals surface area contributed by atoms with E-state index in [1.54, 1.807) is 12.4 Å². The zero-order chi connectivity index (χ0) is 30.9. The normalized spacial score (nSPS) is 46.0. The van der Waals surface area contributed by atoms with E-state index in [9.17, 15) is 14.4 Å². The van der Waals surface area contributed by atoms with Crippen molar-refractivity contribution in [2.75, 3.05) is 6.54 Å². The molecule has 1 spiro atoms. The molecule has 12 atom stereocenters. The lowest BCUT2D eigenvalue weighted by atomic mass is 9.44. The Bertz CT molecular complexity index is 1280. The zero-order valence-electron chi connectivity index (χ0n) is 27.1. The Hall–Kier alpha value is -2.32. The number of ether oxygens (including phenoxy) is 1. The van der Waals surface area contributed by atoms with E-state index in [0.717, 1.165) is 50.6 Å². The molecule has 1 aromatic heterocycles. The summed E-state index contributed by atoms with van der Waals surface area (Å²) in [6.45, 7) is 10.8. The Morgan fingerprint density at radius 3 is 2.66 bits per heavy atom. The summed E-state index contributed by atoms with van der Waals surface area (Å²) in [5.41, 5.74) is 0.493. The van der Waals surface area contributed by atoms with Crippen LogP contribution in [-0.2, 0) is 25.7 Å². The van der Waals surface area contributed by atoms with E-state index >= 15 is 0 Å². The number of carbonyl (C=O) groups excluding carboxylic acids is 3. The zero-order valence-corrected chi connectivity index (χ0v) is 27.1. The van der Waals surface area contributed by atoms with Crippen LogP contribution in [-0.4, -0.2) is 47.0 Å². The molecular weight excluding hydrogens is 552 g/mol. The monoisotopic (exact) mass is 604 g/mol. The number of hydrogen-bond acceptors (Lipinski definition) is 6. The van der Waals surface area contributed by atoms with Gasteiger partial charge in [-0.3, -0.25) is 24.7 Å². The van der Waals surface area contributed by atoms with Gasteiger partial charge in [0.15, 0.2) is 0 Å². The van der Waals surface area contributed by atoms with Crippen molar-refractivity contribution >= 4 is 17.6 Å². The number of fused-ring (bicyclic) bond motifs is 7. The molecule has 44 heavy (non-hydrogen) atoms.